The van der Waals surface area contributed by atoms with E-state index in [1.807, 2.05) is 10.6 Å². The second kappa shape index (κ2) is 6.86. The number of aromatic nitrogens is 4. The fourth-order valence-corrected chi connectivity index (χ4v) is 2.92. The van der Waals surface area contributed by atoms with Crippen molar-refractivity contribution in [1.29, 1.82) is 0 Å². The molecule has 0 radical (unpaired) electrons. The van der Waals surface area contributed by atoms with Crippen LogP contribution >= 0.6 is 0 Å². The standard InChI is InChI=1S/C17H20N6O2/c1-10(24)13(6-5-11-3-2-4-12(7-11)16(19)25)23-9-22-14-15(18)20-8-21-17(14)23/h2-4,7-10,13,24H,5-6H2,1H3,(H2,19,25)(H2,18,20,21)/t10-,13+/m0/s1. The molecule has 3 rings (SSSR count). The van der Waals surface area contributed by atoms with Gasteiger partial charge in [-0.05, 0) is 37.5 Å². The number of nitrogens with zero attached hydrogens (tertiary/aromatic N) is 4. The van der Waals surface area contributed by atoms with E-state index in [9.17, 15) is 9.90 Å². The lowest BCUT2D eigenvalue weighted by molar-refractivity contribution is 0.1000. The number of aryl methyl sites for hydroxylation is 1. The molecule has 0 unspecified atom stereocenters. The molecule has 2 atom stereocenters. The van der Waals surface area contributed by atoms with Crippen molar-refractivity contribution in [3.05, 3.63) is 48.0 Å². The summed E-state index contributed by atoms with van der Waals surface area (Å²) in [5.74, 6) is -0.149. The van der Waals surface area contributed by atoms with Crippen molar-refractivity contribution >= 4 is 22.9 Å². The Balaban J connectivity index is 1.86. The number of carbonyl (C=O) groups excluding carboxylic acids is 1. The fourth-order valence-electron chi connectivity index (χ4n) is 2.92. The van der Waals surface area contributed by atoms with Crippen LogP contribution in [-0.4, -0.2) is 36.6 Å². The maximum Gasteiger partial charge on any atom is 0.248 e. The number of fused-ring (bicyclic) bond motifs is 1. The second-order valence-electron chi connectivity index (χ2n) is 5.99. The van der Waals surface area contributed by atoms with Crippen LogP contribution < -0.4 is 11.5 Å². The number of rotatable bonds is 6. The highest BCUT2D eigenvalue weighted by Gasteiger charge is 2.21. The first-order valence-corrected chi connectivity index (χ1v) is 7.97. The molecule has 8 nitrogen and oxygen atoms in total. The molecular weight excluding hydrogens is 320 g/mol. The van der Waals surface area contributed by atoms with Crippen molar-refractivity contribution in [2.45, 2.75) is 31.9 Å². The van der Waals surface area contributed by atoms with Gasteiger partial charge in [0.05, 0.1) is 18.5 Å². The Labute approximate surface area is 144 Å². The van der Waals surface area contributed by atoms with E-state index in [0.717, 1.165) is 5.56 Å². The van der Waals surface area contributed by atoms with Gasteiger partial charge in [-0.2, -0.15) is 0 Å². The number of hydrogen-bond donors (Lipinski definition) is 3. The van der Waals surface area contributed by atoms with Gasteiger partial charge in [-0.3, -0.25) is 4.79 Å². The summed E-state index contributed by atoms with van der Waals surface area (Å²) >= 11 is 0. The number of nitrogen functional groups attached to an aromatic ring is 1. The highest BCUT2D eigenvalue weighted by Crippen LogP contribution is 2.25. The summed E-state index contributed by atoms with van der Waals surface area (Å²) in [7, 11) is 0. The Hall–Kier alpha value is -3.00. The van der Waals surface area contributed by atoms with Gasteiger partial charge < -0.3 is 21.1 Å². The Kier molecular flexibility index (Phi) is 4.62. The largest absolute Gasteiger partial charge is 0.391 e. The van der Waals surface area contributed by atoms with Gasteiger partial charge in [0.2, 0.25) is 5.91 Å². The highest BCUT2D eigenvalue weighted by molar-refractivity contribution is 5.92. The third kappa shape index (κ3) is 3.43. The molecule has 0 fully saturated rings. The van der Waals surface area contributed by atoms with E-state index < -0.39 is 12.0 Å². The van der Waals surface area contributed by atoms with Crippen LogP contribution in [0.3, 0.4) is 0 Å². The minimum Gasteiger partial charge on any atom is -0.391 e. The van der Waals surface area contributed by atoms with E-state index in [1.165, 1.54) is 6.33 Å². The van der Waals surface area contributed by atoms with Crippen LogP contribution in [0.1, 0.15) is 35.3 Å². The van der Waals surface area contributed by atoms with Gasteiger partial charge in [0, 0.05) is 5.56 Å². The third-order valence-electron chi connectivity index (χ3n) is 4.24. The summed E-state index contributed by atoms with van der Waals surface area (Å²) in [6, 6.07) is 6.94. The van der Waals surface area contributed by atoms with Crippen LogP contribution in [0.15, 0.2) is 36.9 Å². The zero-order valence-corrected chi connectivity index (χ0v) is 13.8. The summed E-state index contributed by atoms with van der Waals surface area (Å²) in [5.41, 5.74) is 13.7. The number of hydrogen-bond acceptors (Lipinski definition) is 6. The molecule has 0 saturated heterocycles. The monoisotopic (exact) mass is 340 g/mol. The maximum absolute atomic E-state index is 11.3. The number of carbonyl (C=O) groups is 1. The summed E-state index contributed by atoms with van der Waals surface area (Å²) in [4.78, 5) is 23.7. The lowest BCUT2D eigenvalue weighted by Gasteiger charge is -2.22. The van der Waals surface area contributed by atoms with Crippen LogP contribution in [0, 0.1) is 0 Å². The normalized spacial score (nSPS) is 13.7. The van der Waals surface area contributed by atoms with Gasteiger partial charge in [0.1, 0.15) is 11.8 Å². The predicted molar refractivity (Wildman–Crippen MR) is 93.7 cm³/mol. The number of anilines is 1. The summed E-state index contributed by atoms with van der Waals surface area (Å²) in [5, 5.41) is 10.2. The lowest BCUT2D eigenvalue weighted by atomic mass is 10.00. The molecule has 1 aromatic carbocycles. The van der Waals surface area contributed by atoms with Crippen molar-refractivity contribution in [2.75, 3.05) is 5.73 Å². The molecule has 0 aliphatic heterocycles. The Morgan fingerprint density at radius 3 is 2.84 bits per heavy atom. The molecule has 8 heteroatoms. The summed E-state index contributed by atoms with van der Waals surface area (Å²) < 4.78 is 1.82. The molecule has 2 aromatic heterocycles. The van der Waals surface area contributed by atoms with Crippen molar-refractivity contribution in [3.63, 3.8) is 0 Å². The summed E-state index contributed by atoms with van der Waals surface area (Å²) in [6.07, 6.45) is 3.68. The number of aliphatic hydroxyl groups excluding tert-OH is 1. The first-order chi connectivity index (χ1) is 12.0. The Bertz CT molecular complexity index is 905. The van der Waals surface area contributed by atoms with Crippen LogP contribution in [0.5, 0.6) is 0 Å². The molecule has 0 aliphatic carbocycles. The van der Waals surface area contributed by atoms with Crippen molar-refractivity contribution < 1.29 is 9.90 Å². The highest BCUT2D eigenvalue weighted by atomic mass is 16.3. The van der Waals surface area contributed by atoms with Crippen LogP contribution in [0.25, 0.3) is 11.2 Å². The zero-order valence-electron chi connectivity index (χ0n) is 13.8. The lowest BCUT2D eigenvalue weighted by Crippen LogP contribution is -2.22. The molecule has 0 saturated carbocycles. The molecule has 1 amide bonds. The van der Waals surface area contributed by atoms with E-state index in [4.69, 9.17) is 11.5 Å². The number of imidazole rings is 1. The Morgan fingerprint density at radius 1 is 1.32 bits per heavy atom. The van der Waals surface area contributed by atoms with E-state index in [2.05, 4.69) is 15.0 Å². The average molecular weight is 340 g/mol. The number of amides is 1. The van der Waals surface area contributed by atoms with E-state index in [-0.39, 0.29) is 6.04 Å². The van der Waals surface area contributed by atoms with Crippen LogP contribution in [0.4, 0.5) is 5.82 Å². The molecule has 25 heavy (non-hydrogen) atoms. The zero-order chi connectivity index (χ0) is 18.0. The van der Waals surface area contributed by atoms with Gasteiger partial charge >= 0.3 is 0 Å². The number of benzene rings is 1. The smallest absolute Gasteiger partial charge is 0.248 e. The SMILES string of the molecule is C[C@H](O)[C@@H](CCc1cccc(C(N)=O)c1)n1cnc2c(N)ncnc21. The maximum atomic E-state index is 11.3. The van der Waals surface area contributed by atoms with Gasteiger partial charge in [-0.25, -0.2) is 15.0 Å². The minimum atomic E-state index is -0.618. The van der Waals surface area contributed by atoms with Crippen molar-refractivity contribution in [2.24, 2.45) is 5.73 Å². The predicted octanol–water partition coefficient (Wildman–Crippen LogP) is 1.06. The topological polar surface area (TPSA) is 133 Å². The first-order valence-electron chi connectivity index (χ1n) is 7.97. The van der Waals surface area contributed by atoms with Gasteiger partial charge in [0.15, 0.2) is 11.5 Å². The van der Waals surface area contributed by atoms with E-state index in [0.29, 0.717) is 35.4 Å². The summed E-state index contributed by atoms with van der Waals surface area (Å²) in [6.45, 7) is 1.72. The van der Waals surface area contributed by atoms with E-state index >= 15 is 0 Å². The number of nitrogens with two attached hydrogens (primary N) is 2. The van der Waals surface area contributed by atoms with Gasteiger partial charge in [-0.15, -0.1) is 0 Å². The molecule has 5 N–H and O–H groups in total. The van der Waals surface area contributed by atoms with Gasteiger partial charge in [-0.1, -0.05) is 12.1 Å². The van der Waals surface area contributed by atoms with Crippen LogP contribution in [0.2, 0.25) is 0 Å². The molecule has 130 valence electrons. The van der Waals surface area contributed by atoms with E-state index in [1.54, 1.807) is 31.5 Å². The number of aliphatic hydroxyl groups is 1. The van der Waals surface area contributed by atoms with Gasteiger partial charge in [0.25, 0.3) is 0 Å². The molecule has 3 aromatic rings. The van der Waals surface area contributed by atoms with Crippen molar-refractivity contribution in [3.8, 4) is 0 Å². The third-order valence-corrected chi connectivity index (χ3v) is 4.24. The van der Waals surface area contributed by atoms with Crippen molar-refractivity contribution in [1.82, 2.24) is 19.5 Å². The average Bonchev–Trinajstić information content (AvgIpc) is 3.00. The molecule has 2 heterocycles. The molecule has 0 bridgehead atoms. The van der Waals surface area contributed by atoms with Crippen LogP contribution in [-0.2, 0) is 6.42 Å². The fraction of sp³-hybridized carbons (Fsp3) is 0.294. The number of primary amides is 1. The molecular formula is C17H20N6O2. The molecule has 0 aliphatic rings. The first kappa shape index (κ1) is 16.8. The Morgan fingerprint density at radius 2 is 2.12 bits per heavy atom. The molecule has 0 spiro atoms. The quantitative estimate of drug-likeness (QED) is 0.614. The second-order valence-corrected chi connectivity index (χ2v) is 5.99. The minimum absolute atomic E-state index is 0.239.